The van der Waals surface area contributed by atoms with Crippen LogP contribution in [0.25, 0.3) is 0 Å². The molecule has 1 aromatic carbocycles. The number of aromatic amines is 1. The van der Waals surface area contributed by atoms with Crippen molar-refractivity contribution in [3.8, 4) is 5.75 Å². The zero-order chi connectivity index (χ0) is 13.9. The topological polar surface area (TPSA) is 79.9 Å². The molecule has 0 saturated heterocycles. The van der Waals surface area contributed by atoms with Crippen molar-refractivity contribution in [1.82, 2.24) is 15.4 Å². The molecule has 0 aliphatic rings. The molecule has 0 radical (unpaired) electrons. The SMILES string of the molecule is CC(C)(C)Oc1ccc(NC(=O)c2cn[nH]n2)cc1. The van der Waals surface area contributed by atoms with Gasteiger partial charge in [0.1, 0.15) is 11.4 Å². The van der Waals surface area contributed by atoms with Crippen molar-refractivity contribution in [2.75, 3.05) is 5.32 Å². The summed E-state index contributed by atoms with van der Waals surface area (Å²) < 4.78 is 5.69. The lowest BCUT2D eigenvalue weighted by Crippen LogP contribution is -2.22. The molecule has 0 atom stereocenters. The summed E-state index contributed by atoms with van der Waals surface area (Å²) in [6.07, 6.45) is 1.37. The van der Waals surface area contributed by atoms with Crippen LogP contribution in [0.4, 0.5) is 5.69 Å². The minimum atomic E-state index is -0.307. The number of aromatic nitrogens is 3. The smallest absolute Gasteiger partial charge is 0.277 e. The second-order valence-electron chi connectivity index (χ2n) is 5.05. The molecule has 1 amide bonds. The number of H-pyrrole nitrogens is 1. The first-order chi connectivity index (χ1) is 8.94. The molecule has 0 aliphatic carbocycles. The molecule has 0 saturated carbocycles. The number of amides is 1. The molecule has 6 heteroatoms. The average molecular weight is 260 g/mol. The van der Waals surface area contributed by atoms with Gasteiger partial charge in [0.25, 0.3) is 5.91 Å². The molecule has 19 heavy (non-hydrogen) atoms. The molecular weight excluding hydrogens is 244 g/mol. The number of benzene rings is 1. The van der Waals surface area contributed by atoms with E-state index in [9.17, 15) is 4.79 Å². The highest BCUT2D eigenvalue weighted by Crippen LogP contribution is 2.20. The first-order valence-electron chi connectivity index (χ1n) is 5.90. The van der Waals surface area contributed by atoms with Crippen molar-refractivity contribution in [1.29, 1.82) is 0 Å². The quantitative estimate of drug-likeness (QED) is 0.886. The minimum absolute atomic E-state index is 0.245. The van der Waals surface area contributed by atoms with E-state index in [1.165, 1.54) is 6.20 Å². The molecule has 1 aromatic heterocycles. The third-order valence-electron chi connectivity index (χ3n) is 2.18. The molecule has 100 valence electrons. The molecule has 6 nitrogen and oxygen atoms in total. The van der Waals surface area contributed by atoms with Gasteiger partial charge in [-0.15, -0.1) is 0 Å². The second kappa shape index (κ2) is 5.09. The maximum Gasteiger partial charge on any atom is 0.277 e. The molecular formula is C13H16N4O2. The van der Waals surface area contributed by atoms with Gasteiger partial charge in [0, 0.05) is 5.69 Å². The lowest BCUT2D eigenvalue weighted by molar-refractivity contribution is 0.102. The van der Waals surface area contributed by atoms with E-state index in [0.717, 1.165) is 5.75 Å². The molecule has 1 heterocycles. The maximum atomic E-state index is 11.7. The Hall–Kier alpha value is -2.37. The number of carbonyl (C=O) groups is 1. The van der Waals surface area contributed by atoms with Crippen LogP contribution in [-0.4, -0.2) is 26.9 Å². The van der Waals surface area contributed by atoms with Crippen molar-refractivity contribution in [3.05, 3.63) is 36.2 Å². The van der Waals surface area contributed by atoms with Gasteiger partial charge >= 0.3 is 0 Å². The van der Waals surface area contributed by atoms with E-state index < -0.39 is 0 Å². The van der Waals surface area contributed by atoms with E-state index in [0.29, 0.717) is 5.69 Å². The molecule has 0 aliphatic heterocycles. The monoisotopic (exact) mass is 260 g/mol. The highest BCUT2D eigenvalue weighted by atomic mass is 16.5. The summed E-state index contributed by atoms with van der Waals surface area (Å²) in [6, 6.07) is 7.17. The second-order valence-corrected chi connectivity index (χ2v) is 5.05. The van der Waals surface area contributed by atoms with Gasteiger partial charge in [0.2, 0.25) is 0 Å². The summed E-state index contributed by atoms with van der Waals surface area (Å²) >= 11 is 0. The standard InChI is InChI=1S/C13H16N4O2/c1-13(2,3)19-10-6-4-9(5-7-10)15-12(18)11-8-14-17-16-11/h4-8H,1-3H3,(H,15,18)(H,14,16,17). The third-order valence-corrected chi connectivity index (χ3v) is 2.18. The van der Waals surface area contributed by atoms with E-state index in [1.54, 1.807) is 12.1 Å². The lowest BCUT2D eigenvalue weighted by atomic mass is 10.2. The minimum Gasteiger partial charge on any atom is -0.488 e. The fourth-order valence-electron chi connectivity index (χ4n) is 1.47. The van der Waals surface area contributed by atoms with E-state index in [1.807, 2.05) is 32.9 Å². The van der Waals surface area contributed by atoms with Crippen molar-refractivity contribution >= 4 is 11.6 Å². The average Bonchev–Trinajstić information content (AvgIpc) is 2.83. The predicted molar refractivity (Wildman–Crippen MR) is 71.2 cm³/mol. The Labute approximate surface area is 111 Å². The Kier molecular flexibility index (Phi) is 3.50. The fraction of sp³-hybridized carbons (Fsp3) is 0.308. The first-order valence-corrected chi connectivity index (χ1v) is 5.90. The molecule has 2 rings (SSSR count). The van der Waals surface area contributed by atoms with Crippen LogP contribution in [0.5, 0.6) is 5.75 Å². The van der Waals surface area contributed by atoms with Gasteiger partial charge in [-0.05, 0) is 45.0 Å². The Morgan fingerprint density at radius 1 is 1.26 bits per heavy atom. The largest absolute Gasteiger partial charge is 0.488 e. The Balaban J connectivity index is 2.01. The highest BCUT2D eigenvalue weighted by Gasteiger charge is 2.12. The van der Waals surface area contributed by atoms with Crippen molar-refractivity contribution in [2.45, 2.75) is 26.4 Å². The number of ether oxygens (including phenoxy) is 1. The van der Waals surface area contributed by atoms with Crippen LogP contribution < -0.4 is 10.1 Å². The Morgan fingerprint density at radius 2 is 1.95 bits per heavy atom. The number of hydrogen-bond acceptors (Lipinski definition) is 4. The van der Waals surface area contributed by atoms with Gasteiger partial charge in [-0.25, -0.2) is 0 Å². The molecule has 0 bridgehead atoms. The number of nitrogens with one attached hydrogen (secondary N) is 2. The van der Waals surface area contributed by atoms with Crippen LogP contribution in [0, 0.1) is 0 Å². The molecule has 2 aromatic rings. The van der Waals surface area contributed by atoms with Crippen molar-refractivity contribution in [3.63, 3.8) is 0 Å². The summed E-state index contributed by atoms with van der Waals surface area (Å²) in [5.41, 5.74) is 0.676. The molecule has 2 N–H and O–H groups in total. The maximum absolute atomic E-state index is 11.7. The van der Waals surface area contributed by atoms with Crippen LogP contribution in [0.15, 0.2) is 30.5 Å². The molecule has 0 fully saturated rings. The van der Waals surface area contributed by atoms with Crippen LogP contribution >= 0.6 is 0 Å². The van der Waals surface area contributed by atoms with Gasteiger partial charge in [0.15, 0.2) is 5.69 Å². The van der Waals surface area contributed by atoms with Crippen molar-refractivity contribution < 1.29 is 9.53 Å². The summed E-state index contributed by atoms with van der Waals surface area (Å²) in [4.78, 5) is 11.7. The third kappa shape index (κ3) is 3.80. The number of rotatable bonds is 3. The first kappa shape index (κ1) is 13.1. The number of nitrogens with zero attached hydrogens (tertiary/aromatic N) is 2. The molecule has 0 spiro atoms. The van der Waals surface area contributed by atoms with Gasteiger partial charge in [-0.2, -0.15) is 15.4 Å². The van der Waals surface area contributed by atoms with E-state index in [4.69, 9.17) is 4.74 Å². The highest BCUT2D eigenvalue weighted by molar-refractivity contribution is 6.02. The number of hydrogen-bond donors (Lipinski definition) is 2. The Morgan fingerprint density at radius 3 is 2.47 bits per heavy atom. The van der Waals surface area contributed by atoms with Crippen LogP contribution in [-0.2, 0) is 0 Å². The Bertz CT molecular complexity index is 541. The normalized spacial score (nSPS) is 11.1. The lowest BCUT2D eigenvalue weighted by Gasteiger charge is -2.21. The van der Waals surface area contributed by atoms with Gasteiger partial charge < -0.3 is 10.1 Å². The summed E-state index contributed by atoms with van der Waals surface area (Å²) in [7, 11) is 0. The van der Waals surface area contributed by atoms with Crippen LogP contribution in [0.2, 0.25) is 0 Å². The molecule has 0 unspecified atom stereocenters. The van der Waals surface area contributed by atoms with Crippen molar-refractivity contribution in [2.24, 2.45) is 0 Å². The summed E-state index contributed by atoms with van der Waals surface area (Å²) in [5.74, 6) is 0.449. The van der Waals surface area contributed by atoms with Crippen LogP contribution in [0.1, 0.15) is 31.3 Å². The van der Waals surface area contributed by atoms with Gasteiger partial charge in [0.05, 0.1) is 6.20 Å². The number of anilines is 1. The van der Waals surface area contributed by atoms with E-state index in [-0.39, 0.29) is 17.2 Å². The van der Waals surface area contributed by atoms with Gasteiger partial charge in [-0.1, -0.05) is 0 Å². The van der Waals surface area contributed by atoms with E-state index in [2.05, 4.69) is 20.7 Å². The van der Waals surface area contributed by atoms with Crippen LogP contribution in [0.3, 0.4) is 0 Å². The zero-order valence-corrected chi connectivity index (χ0v) is 11.1. The summed E-state index contributed by atoms with van der Waals surface area (Å²) in [5, 5.41) is 12.4. The van der Waals surface area contributed by atoms with E-state index >= 15 is 0 Å². The predicted octanol–water partition coefficient (Wildman–Crippen LogP) is 2.23. The van der Waals surface area contributed by atoms with Gasteiger partial charge in [-0.3, -0.25) is 4.79 Å². The number of carbonyl (C=O) groups excluding carboxylic acids is 1. The summed E-state index contributed by atoms with van der Waals surface area (Å²) in [6.45, 7) is 5.94. The fourth-order valence-corrected chi connectivity index (χ4v) is 1.47. The zero-order valence-electron chi connectivity index (χ0n) is 11.1.